The average molecular weight is 449 g/mol. The highest BCUT2D eigenvalue weighted by Gasteiger charge is 2.25. The molecule has 0 atom stereocenters. The van der Waals surface area contributed by atoms with E-state index in [9.17, 15) is 14.0 Å². The molecule has 2 amide bonds. The summed E-state index contributed by atoms with van der Waals surface area (Å²) >= 11 is 3.30. The third-order valence-corrected chi connectivity index (χ3v) is 5.17. The molecule has 2 aromatic rings. The van der Waals surface area contributed by atoms with E-state index in [4.69, 9.17) is 0 Å². The molecule has 0 bridgehead atoms. The summed E-state index contributed by atoms with van der Waals surface area (Å²) in [6.45, 7) is 2.05. The Labute approximate surface area is 171 Å². The molecule has 148 valence electrons. The molecule has 0 radical (unpaired) electrons. The van der Waals surface area contributed by atoms with Gasteiger partial charge in [-0.3, -0.25) is 14.5 Å². The maximum atomic E-state index is 12.9. The summed E-state index contributed by atoms with van der Waals surface area (Å²) in [6, 6.07) is 9.65. The first kappa shape index (κ1) is 20.4. The number of hydrogen-bond acceptors (Lipinski definition) is 4. The lowest BCUT2D eigenvalue weighted by Crippen LogP contribution is -2.43. The van der Waals surface area contributed by atoms with Crippen molar-refractivity contribution in [2.24, 2.45) is 5.92 Å². The fourth-order valence-corrected chi connectivity index (χ4v) is 3.36. The smallest absolute Gasteiger partial charge is 0.239 e. The largest absolute Gasteiger partial charge is 0.352 e. The van der Waals surface area contributed by atoms with Crippen molar-refractivity contribution >= 4 is 33.6 Å². The zero-order valence-corrected chi connectivity index (χ0v) is 16.9. The lowest BCUT2D eigenvalue weighted by Gasteiger charge is -2.30. The zero-order chi connectivity index (χ0) is 19.9. The molecule has 3 rings (SSSR count). The van der Waals surface area contributed by atoms with Crippen LogP contribution in [0.1, 0.15) is 18.4 Å². The third-order valence-electron chi connectivity index (χ3n) is 4.70. The number of benzene rings is 1. The first-order chi connectivity index (χ1) is 13.5. The number of likely N-dealkylation sites (tertiary alicyclic amines) is 1. The Balaban J connectivity index is 1.38. The van der Waals surface area contributed by atoms with Gasteiger partial charge in [0.15, 0.2) is 0 Å². The van der Waals surface area contributed by atoms with Crippen molar-refractivity contribution in [3.8, 4) is 0 Å². The van der Waals surface area contributed by atoms with Crippen LogP contribution in [0.25, 0.3) is 0 Å². The maximum absolute atomic E-state index is 12.9. The van der Waals surface area contributed by atoms with Gasteiger partial charge in [-0.05, 0) is 71.7 Å². The molecule has 8 heteroatoms. The Kier molecular flexibility index (Phi) is 7.11. The van der Waals surface area contributed by atoms with Gasteiger partial charge < -0.3 is 10.6 Å². The summed E-state index contributed by atoms with van der Waals surface area (Å²) in [4.78, 5) is 30.7. The third kappa shape index (κ3) is 6.10. The highest BCUT2D eigenvalue weighted by Crippen LogP contribution is 2.18. The molecule has 2 heterocycles. The van der Waals surface area contributed by atoms with Crippen LogP contribution >= 0.6 is 15.9 Å². The van der Waals surface area contributed by atoms with E-state index >= 15 is 0 Å². The zero-order valence-electron chi connectivity index (χ0n) is 15.3. The van der Waals surface area contributed by atoms with Crippen molar-refractivity contribution in [3.05, 3.63) is 58.4 Å². The Morgan fingerprint density at radius 1 is 1.14 bits per heavy atom. The lowest BCUT2D eigenvalue weighted by molar-refractivity contribution is -0.126. The number of hydrogen-bond donors (Lipinski definition) is 2. The van der Waals surface area contributed by atoms with E-state index in [0.717, 1.165) is 10.0 Å². The predicted molar refractivity (Wildman–Crippen MR) is 108 cm³/mol. The summed E-state index contributed by atoms with van der Waals surface area (Å²) in [5.41, 5.74) is 0.866. The predicted octanol–water partition coefficient (Wildman–Crippen LogP) is 2.95. The van der Waals surface area contributed by atoms with E-state index in [-0.39, 0.29) is 30.1 Å². The van der Waals surface area contributed by atoms with Gasteiger partial charge in [0.2, 0.25) is 11.8 Å². The van der Waals surface area contributed by atoms with Crippen LogP contribution in [0.4, 0.5) is 10.2 Å². The van der Waals surface area contributed by atoms with Gasteiger partial charge >= 0.3 is 0 Å². The van der Waals surface area contributed by atoms with Crippen molar-refractivity contribution in [3.63, 3.8) is 0 Å². The van der Waals surface area contributed by atoms with Crippen LogP contribution in [0.5, 0.6) is 0 Å². The van der Waals surface area contributed by atoms with E-state index in [0.29, 0.717) is 38.3 Å². The van der Waals surface area contributed by atoms with Gasteiger partial charge in [0.1, 0.15) is 11.6 Å². The van der Waals surface area contributed by atoms with Crippen LogP contribution in [0, 0.1) is 11.7 Å². The number of rotatable bonds is 6. The minimum atomic E-state index is -0.289. The number of piperidine rings is 1. The van der Waals surface area contributed by atoms with Crippen molar-refractivity contribution in [1.29, 1.82) is 0 Å². The van der Waals surface area contributed by atoms with Gasteiger partial charge in [-0.2, -0.15) is 0 Å². The summed E-state index contributed by atoms with van der Waals surface area (Å²) in [5, 5.41) is 5.68. The molecule has 1 saturated heterocycles. The monoisotopic (exact) mass is 448 g/mol. The second-order valence-electron chi connectivity index (χ2n) is 6.80. The van der Waals surface area contributed by atoms with E-state index in [1.54, 1.807) is 24.4 Å². The molecule has 0 spiro atoms. The molecule has 2 N–H and O–H groups in total. The summed E-state index contributed by atoms with van der Waals surface area (Å²) < 4.78 is 13.8. The Morgan fingerprint density at radius 2 is 1.86 bits per heavy atom. The number of pyridine rings is 1. The van der Waals surface area contributed by atoms with Crippen LogP contribution in [-0.4, -0.2) is 41.3 Å². The number of anilines is 1. The quantitative estimate of drug-likeness (QED) is 0.712. The van der Waals surface area contributed by atoms with Crippen LogP contribution in [0.15, 0.2) is 47.1 Å². The van der Waals surface area contributed by atoms with Gasteiger partial charge in [0.25, 0.3) is 0 Å². The molecule has 0 saturated carbocycles. The molecule has 28 heavy (non-hydrogen) atoms. The van der Waals surface area contributed by atoms with Gasteiger partial charge in [-0.15, -0.1) is 0 Å². The topological polar surface area (TPSA) is 74.3 Å². The van der Waals surface area contributed by atoms with Gasteiger partial charge in [-0.25, -0.2) is 9.37 Å². The van der Waals surface area contributed by atoms with Gasteiger partial charge in [0, 0.05) is 23.1 Å². The maximum Gasteiger partial charge on any atom is 0.239 e. The Morgan fingerprint density at radius 3 is 2.50 bits per heavy atom. The van der Waals surface area contributed by atoms with Crippen LogP contribution in [-0.2, 0) is 16.1 Å². The first-order valence-corrected chi connectivity index (χ1v) is 9.95. The first-order valence-electron chi connectivity index (χ1n) is 9.15. The number of amides is 2. The number of aromatic nitrogens is 1. The van der Waals surface area contributed by atoms with Crippen molar-refractivity contribution in [2.75, 3.05) is 25.0 Å². The number of nitrogens with zero attached hydrogens (tertiary/aromatic N) is 2. The fourth-order valence-electron chi connectivity index (χ4n) is 3.12. The molecular weight excluding hydrogens is 427 g/mol. The molecule has 1 fully saturated rings. The van der Waals surface area contributed by atoms with Crippen molar-refractivity contribution < 1.29 is 14.0 Å². The van der Waals surface area contributed by atoms with E-state index in [1.807, 2.05) is 11.0 Å². The van der Waals surface area contributed by atoms with E-state index < -0.39 is 0 Å². The van der Waals surface area contributed by atoms with Crippen LogP contribution in [0.2, 0.25) is 0 Å². The normalized spacial score (nSPS) is 15.2. The molecule has 1 aromatic carbocycles. The van der Waals surface area contributed by atoms with Crippen molar-refractivity contribution in [2.45, 2.75) is 19.4 Å². The highest BCUT2D eigenvalue weighted by atomic mass is 79.9. The molecular formula is C20H22BrFN4O2. The van der Waals surface area contributed by atoms with Crippen LogP contribution in [0.3, 0.4) is 0 Å². The molecule has 1 aliphatic heterocycles. The van der Waals surface area contributed by atoms with Crippen molar-refractivity contribution in [1.82, 2.24) is 15.2 Å². The highest BCUT2D eigenvalue weighted by molar-refractivity contribution is 9.10. The van der Waals surface area contributed by atoms with E-state index in [1.165, 1.54) is 12.1 Å². The second kappa shape index (κ2) is 9.75. The Bertz CT molecular complexity index is 806. The van der Waals surface area contributed by atoms with E-state index in [2.05, 4.69) is 31.5 Å². The number of carbonyl (C=O) groups excluding carboxylic acids is 2. The summed E-state index contributed by atoms with van der Waals surface area (Å²) in [5.74, 6) is 0.0556. The standard InChI is InChI=1S/C20H22BrFN4O2/c21-16-3-6-18(23-12-16)25-19(27)13-26-9-7-15(8-10-26)20(28)24-11-14-1-4-17(22)5-2-14/h1-6,12,15H,7-11,13H2,(H,24,28)(H,23,25,27). The Hall–Kier alpha value is -2.32. The molecule has 6 nitrogen and oxygen atoms in total. The molecule has 0 aliphatic carbocycles. The minimum Gasteiger partial charge on any atom is -0.352 e. The average Bonchev–Trinajstić information content (AvgIpc) is 2.69. The summed E-state index contributed by atoms with van der Waals surface area (Å²) in [7, 11) is 0. The minimum absolute atomic E-state index is 0.00693. The second-order valence-corrected chi connectivity index (χ2v) is 7.72. The van der Waals surface area contributed by atoms with Crippen LogP contribution < -0.4 is 10.6 Å². The number of halogens is 2. The molecule has 0 unspecified atom stereocenters. The molecule has 1 aliphatic rings. The molecule has 1 aromatic heterocycles. The summed E-state index contributed by atoms with van der Waals surface area (Å²) in [6.07, 6.45) is 3.05. The lowest BCUT2D eigenvalue weighted by atomic mass is 9.96. The number of carbonyl (C=O) groups is 2. The SMILES string of the molecule is O=C(CN1CCC(C(=O)NCc2ccc(F)cc2)CC1)Nc1ccc(Br)cn1. The van der Waals surface area contributed by atoms with Gasteiger partial charge in [0.05, 0.1) is 6.54 Å². The fraction of sp³-hybridized carbons (Fsp3) is 0.350. The number of nitrogens with one attached hydrogen (secondary N) is 2. The van der Waals surface area contributed by atoms with Gasteiger partial charge in [-0.1, -0.05) is 12.1 Å².